The fourth-order valence-corrected chi connectivity index (χ4v) is 1.83. The standard InChI is InChI=1S/C14H19N5/c1-4-16-14-17-11(2)8-13(18-14)19(3)10-12-6-5-7-15-9-12/h5-9H,4,10H2,1-3H3,(H,16,17,18). The van der Waals surface area contributed by atoms with Crippen molar-refractivity contribution in [1.82, 2.24) is 15.0 Å². The van der Waals surface area contributed by atoms with Crippen molar-refractivity contribution in [2.75, 3.05) is 23.8 Å². The summed E-state index contributed by atoms with van der Waals surface area (Å²) in [4.78, 5) is 15.1. The zero-order valence-corrected chi connectivity index (χ0v) is 11.6. The molecule has 0 aliphatic rings. The molecule has 100 valence electrons. The molecule has 0 radical (unpaired) electrons. The molecule has 0 amide bonds. The summed E-state index contributed by atoms with van der Waals surface area (Å²) in [6.07, 6.45) is 3.65. The predicted octanol–water partition coefficient (Wildman–Crippen LogP) is 2.25. The smallest absolute Gasteiger partial charge is 0.224 e. The molecular weight excluding hydrogens is 238 g/mol. The van der Waals surface area contributed by atoms with Crippen LogP contribution in [0.3, 0.4) is 0 Å². The molecule has 2 aromatic rings. The highest BCUT2D eigenvalue weighted by Gasteiger charge is 2.07. The third-order valence-corrected chi connectivity index (χ3v) is 2.71. The number of hydrogen-bond acceptors (Lipinski definition) is 5. The molecular formula is C14H19N5. The molecule has 0 saturated carbocycles. The van der Waals surface area contributed by atoms with E-state index in [0.29, 0.717) is 5.95 Å². The number of pyridine rings is 1. The van der Waals surface area contributed by atoms with Crippen molar-refractivity contribution in [2.24, 2.45) is 0 Å². The van der Waals surface area contributed by atoms with Gasteiger partial charge in [0, 0.05) is 44.3 Å². The average molecular weight is 257 g/mol. The van der Waals surface area contributed by atoms with Crippen LogP contribution in [0.5, 0.6) is 0 Å². The van der Waals surface area contributed by atoms with Crippen molar-refractivity contribution in [2.45, 2.75) is 20.4 Å². The molecule has 0 spiro atoms. The minimum absolute atomic E-state index is 0.676. The first-order chi connectivity index (χ1) is 9.19. The van der Waals surface area contributed by atoms with E-state index in [-0.39, 0.29) is 0 Å². The molecule has 5 nitrogen and oxygen atoms in total. The normalized spacial score (nSPS) is 10.3. The number of aryl methyl sites for hydroxylation is 1. The Morgan fingerprint density at radius 3 is 2.84 bits per heavy atom. The first kappa shape index (κ1) is 13.3. The van der Waals surface area contributed by atoms with E-state index >= 15 is 0 Å². The SMILES string of the molecule is CCNc1nc(C)cc(N(C)Cc2cccnc2)n1. The summed E-state index contributed by atoms with van der Waals surface area (Å²) in [5, 5.41) is 3.15. The molecule has 1 N–H and O–H groups in total. The minimum Gasteiger partial charge on any atom is -0.355 e. The quantitative estimate of drug-likeness (QED) is 0.890. The van der Waals surface area contributed by atoms with Gasteiger partial charge in [-0.05, 0) is 25.5 Å². The molecule has 0 saturated heterocycles. The molecule has 0 bridgehead atoms. The van der Waals surface area contributed by atoms with Gasteiger partial charge in [0.1, 0.15) is 5.82 Å². The van der Waals surface area contributed by atoms with Crippen LogP contribution in [0.4, 0.5) is 11.8 Å². The molecule has 19 heavy (non-hydrogen) atoms. The maximum absolute atomic E-state index is 4.50. The number of anilines is 2. The molecule has 0 aliphatic carbocycles. The zero-order valence-electron chi connectivity index (χ0n) is 11.6. The lowest BCUT2D eigenvalue weighted by molar-refractivity contribution is 0.880. The second-order valence-electron chi connectivity index (χ2n) is 4.44. The summed E-state index contributed by atoms with van der Waals surface area (Å²) in [7, 11) is 2.02. The predicted molar refractivity (Wildman–Crippen MR) is 77.3 cm³/mol. The number of rotatable bonds is 5. The Morgan fingerprint density at radius 2 is 2.16 bits per heavy atom. The van der Waals surface area contributed by atoms with Gasteiger partial charge in [0.25, 0.3) is 0 Å². The number of hydrogen-bond donors (Lipinski definition) is 1. The van der Waals surface area contributed by atoms with E-state index < -0.39 is 0 Å². The van der Waals surface area contributed by atoms with Gasteiger partial charge in [-0.25, -0.2) is 4.98 Å². The second kappa shape index (κ2) is 6.13. The molecule has 2 heterocycles. The van der Waals surface area contributed by atoms with Crippen molar-refractivity contribution in [3.8, 4) is 0 Å². The summed E-state index contributed by atoms with van der Waals surface area (Å²) < 4.78 is 0. The lowest BCUT2D eigenvalue weighted by Gasteiger charge is -2.19. The highest BCUT2D eigenvalue weighted by molar-refractivity contribution is 5.44. The first-order valence-electron chi connectivity index (χ1n) is 6.38. The molecule has 0 unspecified atom stereocenters. The monoisotopic (exact) mass is 257 g/mol. The van der Waals surface area contributed by atoms with Gasteiger partial charge in [-0.15, -0.1) is 0 Å². The third-order valence-electron chi connectivity index (χ3n) is 2.71. The van der Waals surface area contributed by atoms with E-state index in [0.717, 1.165) is 30.2 Å². The van der Waals surface area contributed by atoms with E-state index in [1.165, 1.54) is 0 Å². The van der Waals surface area contributed by atoms with Crippen LogP contribution in [-0.4, -0.2) is 28.5 Å². The van der Waals surface area contributed by atoms with Crippen molar-refractivity contribution in [1.29, 1.82) is 0 Å². The van der Waals surface area contributed by atoms with Crippen LogP contribution in [-0.2, 0) is 6.54 Å². The zero-order chi connectivity index (χ0) is 13.7. The fraction of sp³-hybridized carbons (Fsp3) is 0.357. The van der Waals surface area contributed by atoms with Crippen LogP contribution in [0.2, 0.25) is 0 Å². The van der Waals surface area contributed by atoms with Crippen molar-refractivity contribution in [3.05, 3.63) is 41.9 Å². The van der Waals surface area contributed by atoms with Crippen molar-refractivity contribution in [3.63, 3.8) is 0 Å². The Balaban J connectivity index is 2.16. The van der Waals surface area contributed by atoms with E-state index in [1.54, 1.807) is 6.20 Å². The number of nitrogens with one attached hydrogen (secondary N) is 1. The Labute approximate surface area is 113 Å². The molecule has 0 atom stereocenters. The Kier molecular flexibility index (Phi) is 4.28. The van der Waals surface area contributed by atoms with E-state index in [9.17, 15) is 0 Å². The minimum atomic E-state index is 0.676. The van der Waals surface area contributed by atoms with Crippen LogP contribution >= 0.6 is 0 Å². The van der Waals surface area contributed by atoms with Gasteiger partial charge >= 0.3 is 0 Å². The Hall–Kier alpha value is -2.17. The molecule has 0 aliphatic heterocycles. The average Bonchev–Trinajstić information content (AvgIpc) is 2.39. The van der Waals surface area contributed by atoms with E-state index in [1.807, 2.05) is 39.2 Å². The van der Waals surface area contributed by atoms with Gasteiger partial charge in [0.15, 0.2) is 0 Å². The van der Waals surface area contributed by atoms with Crippen LogP contribution in [0.1, 0.15) is 18.2 Å². The fourth-order valence-electron chi connectivity index (χ4n) is 1.83. The van der Waals surface area contributed by atoms with Crippen molar-refractivity contribution >= 4 is 11.8 Å². The van der Waals surface area contributed by atoms with Crippen LogP contribution in [0.15, 0.2) is 30.6 Å². The molecule has 0 fully saturated rings. The topological polar surface area (TPSA) is 53.9 Å². The van der Waals surface area contributed by atoms with Crippen LogP contribution in [0.25, 0.3) is 0 Å². The van der Waals surface area contributed by atoms with Crippen LogP contribution in [0, 0.1) is 6.92 Å². The largest absolute Gasteiger partial charge is 0.355 e. The Bertz CT molecular complexity index is 527. The highest BCUT2D eigenvalue weighted by atomic mass is 15.2. The molecule has 2 rings (SSSR count). The lowest BCUT2D eigenvalue weighted by atomic mass is 10.2. The maximum Gasteiger partial charge on any atom is 0.224 e. The van der Waals surface area contributed by atoms with Crippen molar-refractivity contribution < 1.29 is 0 Å². The first-order valence-corrected chi connectivity index (χ1v) is 6.38. The summed E-state index contributed by atoms with van der Waals surface area (Å²) in [6.45, 7) is 5.60. The van der Waals surface area contributed by atoms with Gasteiger partial charge in [-0.3, -0.25) is 4.98 Å². The van der Waals surface area contributed by atoms with Gasteiger partial charge in [0.05, 0.1) is 0 Å². The summed E-state index contributed by atoms with van der Waals surface area (Å²) in [5.74, 6) is 1.59. The summed E-state index contributed by atoms with van der Waals surface area (Å²) in [5.41, 5.74) is 2.12. The lowest BCUT2D eigenvalue weighted by Crippen LogP contribution is -2.19. The maximum atomic E-state index is 4.50. The highest BCUT2D eigenvalue weighted by Crippen LogP contribution is 2.15. The van der Waals surface area contributed by atoms with Gasteiger partial charge < -0.3 is 10.2 Å². The molecule has 2 aromatic heterocycles. The second-order valence-corrected chi connectivity index (χ2v) is 4.44. The molecule has 0 aromatic carbocycles. The van der Waals surface area contributed by atoms with Crippen LogP contribution < -0.4 is 10.2 Å². The summed E-state index contributed by atoms with van der Waals surface area (Å²) in [6, 6.07) is 5.98. The number of nitrogens with zero attached hydrogens (tertiary/aromatic N) is 4. The van der Waals surface area contributed by atoms with E-state index in [4.69, 9.17) is 0 Å². The molecule has 5 heteroatoms. The Morgan fingerprint density at radius 1 is 1.32 bits per heavy atom. The third kappa shape index (κ3) is 3.64. The van der Waals surface area contributed by atoms with Gasteiger partial charge in [0.2, 0.25) is 5.95 Å². The summed E-state index contributed by atoms with van der Waals surface area (Å²) >= 11 is 0. The number of aromatic nitrogens is 3. The van der Waals surface area contributed by atoms with E-state index in [2.05, 4.69) is 31.2 Å². The van der Waals surface area contributed by atoms with Gasteiger partial charge in [-0.2, -0.15) is 4.98 Å². The van der Waals surface area contributed by atoms with Gasteiger partial charge in [-0.1, -0.05) is 6.07 Å².